The molecule has 0 atom stereocenters. The molecule has 0 fully saturated rings. The summed E-state index contributed by atoms with van der Waals surface area (Å²) in [4.78, 5) is 19.8. The van der Waals surface area contributed by atoms with Crippen LogP contribution in [-0.2, 0) is 0 Å². The molecule has 0 bridgehead atoms. The Hall–Kier alpha value is -3.41. The van der Waals surface area contributed by atoms with Crippen molar-refractivity contribution in [3.8, 4) is 5.69 Å². The number of fused-ring (bicyclic) bond motifs is 1. The Labute approximate surface area is 138 Å². The molecule has 6 nitrogen and oxygen atoms in total. The van der Waals surface area contributed by atoms with Crippen LogP contribution in [0, 0.1) is 6.92 Å². The van der Waals surface area contributed by atoms with E-state index in [0.717, 1.165) is 22.4 Å². The molecular formula is C18H15N5O. The van der Waals surface area contributed by atoms with Crippen LogP contribution in [0.5, 0.6) is 0 Å². The van der Waals surface area contributed by atoms with Gasteiger partial charge in [0.15, 0.2) is 0 Å². The summed E-state index contributed by atoms with van der Waals surface area (Å²) < 4.78 is 1.76. The first-order valence-electron chi connectivity index (χ1n) is 7.57. The highest BCUT2D eigenvalue weighted by Crippen LogP contribution is 2.18. The molecule has 0 saturated heterocycles. The van der Waals surface area contributed by atoms with Gasteiger partial charge in [0, 0.05) is 5.69 Å². The number of aromatic nitrogens is 4. The number of imidazole rings is 1. The number of H-pyrrole nitrogens is 1. The number of para-hydroxylation sites is 1. The van der Waals surface area contributed by atoms with Crippen molar-refractivity contribution in [2.75, 3.05) is 5.32 Å². The zero-order valence-electron chi connectivity index (χ0n) is 13.0. The minimum absolute atomic E-state index is 0.187. The molecule has 0 spiro atoms. The second-order valence-electron chi connectivity index (χ2n) is 5.48. The van der Waals surface area contributed by atoms with E-state index in [4.69, 9.17) is 0 Å². The van der Waals surface area contributed by atoms with Gasteiger partial charge in [0.05, 0.1) is 40.5 Å². The van der Waals surface area contributed by atoms with Gasteiger partial charge in [-0.15, -0.1) is 0 Å². The van der Waals surface area contributed by atoms with Crippen LogP contribution in [0.4, 0.5) is 5.69 Å². The Morgan fingerprint density at radius 2 is 2.00 bits per heavy atom. The van der Waals surface area contributed by atoms with Crippen molar-refractivity contribution in [1.29, 1.82) is 0 Å². The van der Waals surface area contributed by atoms with E-state index in [1.807, 2.05) is 55.5 Å². The van der Waals surface area contributed by atoms with E-state index in [9.17, 15) is 4.79 Å². The number of rotatable bonds is 3. The molecule has 4 aromatic rings. The Morgan fingerprint density at radius 3 is 2.83 bits per heavy atom. The zero-order valence-corrected chi connectivity index (χ0v) is 13.0. The van der Waals surface area contributed by atoms with Gasteiger partial charge in [-0.3, -0.25) is 4.79 Å². The third kappa shape index (κ3) is 2.44. The number of hydrogen-bond donors (Lipinski definition) is 2. The number of hydrogen-bond acceptors (Lipinski definition) is 3. The average molecular weight is 317 g/mol. The van der Waals surface area contributed by atoms with E-state index in [-0.39, 0.29) is 5.91 Å². The summed E-state index contributed by atoms with van der Waals surface area (Å²) in [7, 11) is 0. The Kier molecular flexibility index (Phi) is 3.35. The molecule has 6 heteroatoms. The van der Waals surface area contributed by atoms with E-state index in [2.05, 4.69) is 20.4 Å². The Morgan fingerprint density at radius 1 is 1.17 bits per heavy atom. The largest absolute Gasteiger partial charge is 0.345 e. The molecule has 0 aliphatic carbocycles. The minimum atomic E-state index is -0.187. The molecule has 4 rings (SSSR count). The molecule has 2 heterocycles. The van der Waals surface area contributed by atoms with Crippen LogP contribution in [-0.4, -0.2) is 25.7 Å². The molecule has 24 heavy (non-hydrogen) atoms. The number of carbonyl (C=O) groups is 1. The summed E-state index contributed by atoms with van der Waals surface area (Å²) in [6, 6.07) is 15.3. The van der Waals surface area contributed by atoms with Crippen molar-refractivity contribution in [2.24, 2.45) is 0 Å². The highest BCUT2D eigenvalue weighted by atomic mass is 16.1. The normalized spacial score (nSPS) is 10.9. The van der Waals surface area contributed by atoms with Crippen molar-refractivity contribution in [1.82, 2.24) is 19.7 Å². The number of anilines is 1. The molecule has 0 aliphatic heterocycles. The maximum absolute atomic E-state index is 12.6. The van der Waals surface area contributed by atoms with Crippen LogP contribution in [0.2, 0.25) is 0 Å². The lowest BCUT2D eigenvalue weighted by atomic mass is 10.2. The Balaban J connectivity index is 1.61. The molecule has 118 valence electrons. The summed E-state index contributed by atoms with van der Waals surface area (Å²) in [6.45, 7) is 1.88. The van der Waals surface area contributed by atoms with Gasteiger partial charge in [0.2, 0.25) is 0 Å². The second kappa shape index (κ2) is 5.66. The maximum atomic E-state index is 12.6. The average Bonchev–Trinajstić information content (AvgIpc) is 3.21. The summed E-state index contributed by atoms with van der Waals surface area (Å²) in [5.41, 5.74) is 4.71. The summed E-state index contributed by atoms with van der Waals surface area (Å²) in [5.74, 6) is -0.187. The third-order valence-electron chi connectivity index (χ3n) is 3.93. The van der Waals surface area contributed by atoms with E-state index in [1.54, 1.807) is 17.2 Å². The van der Waals surface area contributed by atoms with E-state index < -0.39 is 0 Å². The molecule has 2 aromatic carbocycles. The number of benzene rings is 2. The molecular weight excluding hydrogens is 302 g/mol. The van der Waals surface area contributed by atoms with Crippen molar-refractivity contribution in [2.45, 2.75) is 6.92 Å². The van der Waals surface area contributed by atoms with Gasteiger partial charge < -0.3 is 10.3 Å². The summed E-state index contributed by atoms with van der Waals surface area (Å²) >= 11 is 0. The molecule has 0 aliphatic rings. The predicted octanol–water partition coefficient (Wildman–Crippen LogP) is 3.31. The van der Waals surface area contributed by atoms with Crippen LogP contribution in [0.25, 0.3) is 16.7 Å². The smallest absolute Gasteiger partial charge is 0.259 e. The van der Waals surface area contributed by atoms with Gasteiger partial charge in [-0.05, 0) is 37.3 Å². The van der Waals surface area contributed by atoms with Gasteiger partial charge in [0.25, 0.3) is 5.91 Å². The number of nitrogens with zero attached hydrogens (tertiary/aromatic N) is 3. The predicted molar refractivity (Wildman–Crippen MR) is 92.3 cm³/mol. The lowest BCUT2D eigenvalue weighted by Gasteiger charge is -2.06. The van der Waals surface area contributed by atoms with Crippen molar-refractivity contribution < 1.29 is 4.79 Å². The van der Waals surface area contributed by atoms with Gasteiger partial charge in [-0.2, -0.15) is 5.10 Å². The molecule has 0 unspecified atom stereocenters. The molecule has 2 aromatic heterocycles. The lowest BCUT2D eigenvalue weighted by molar-refractivity contribution is 0.102. The highest BCUT2D eigenvalue weighted by Gasteiger charge is 2.15. The number of nitrogens with one attached hydrogen (secondary N) is 2. The number of amides is 1. The fraction of sp³-hybridized carbons (Fsp3) is 0.0556. The molecule has 0 radical (unpaired) electrons. The monoisotopic (exact) mass is 317 g/mol. The first kappa shape index (κ1) is 14.2. The van der Waals surface area contributed by atoms with Crippen LogP contribution in [0.3, 0.4) is 0 Å². The van der Waals surface area contributed by atoms with Gasteiger partial charge in [-0.25, -0.2) is 9.67 Å². The van der Waals surface area contributed by atoms with Crippen molar-refractivity contribution in [3.05, 3.63) is 72.3 Å². The quantitative estimate of drug-likeness (QED) is 0.608. The fourth-order valence-electron chi connectivity index (χ4n) is 2.67. The molecule has 1 amide bonds. The molecule has 0 saturated carbocycles. The summed E-state index contributed by atoms with van der Waals surface area (Å²) in [6.07, 6.45) is 3.22. The summed E-state index contributed by atoms with van der Waals surface area (Å²) in [5, 5.41) is 7.24. The van der Waals surface area contributed by atoms with Crippen molar-refractivity contribution in [3.63, 3.8) is 0 Å². The van der Waals surface area contributed by atoms with E-state index in [0.29, 0.717) is 11.3 Å². The van der Waals surface area contributed by atoms with Crippen LogP contribution < -0.4 is 5.32 Å². The minimum Gasteiger partial charge on any atom is -0.345 e. The standard InChI is InChI=1S/C18H15N5O/c1-12-15(10-21-23(12)14-5-3-2-4-6-14)18(24)22-13-7-8-16-17(9-13)20-11-19-16/h2-11H,1H3,(H,19,20)(H,22,24). The first-order valence-corrected chi connectivity index (χ1v) is 7.57. The van der Waals surface area contributed by atoms with Gasteiger partial charge in [-0.1, -0.05) is 18.2 Å². The van der Waals surface area contributed by atoms with Gasteiger partial charge >= 0.3 is 0 Å². The topological polar surface area (TPSA) is 75.6 Å². The van der Waals surface area contributed by atoms with Crippen molar-refractivity contribution >= 4 is 22.6 Å². The van der Waals surface area contributed by atoms with Crippen LogP contribution >= 0.6 is 0 Å². The highest BCUT2D eigenvalue weighted by molar-refractivity contribution is 6.05. The van der Waals surface area contributed by atoms with Gasteiger partial charge in [0.1, 0.15) is 0 Å². The van der Waals surface area contributed by atoms with Crippen LogP contribution in [0.15, 0.2) is 61.1 Å². The van der Waals surface area contributed by atoms with E-state index in [1.165, 1.54) is 0 Å². The zero-order chi connectivity index (χ0) is 16.5. The number of carbonyl (C=O) groups excluding carboxylic acids is 1. The lowest BCUT2D eigenvalue weighted by Crippen LogP contribution is -2.13. The Bertz CT molecular complexity index is 1020. The first-order chi connectivity index (χ1) is 11.7. The number of aromatic amines is 1. The fourth-order valence-corrected chi connectivity index (χ4v) is 2.67. The van der Waals surface area contributed by atoms with E-state index >= 15 is 0 Å². The maximum Gasteiger partial charge on any atom is 0.259 e. The van der Waals surface area contributed by atoms with Crippen LogP contribution in [0.1, 0.15) is 16.1 Å². The molecule has 2 N–H and O–H groups in total. The SMILES string of the molecule is Cc1c(C(=O)Nc2ccc3nc[nH]c3c2)cnn1-c1ccccc1. The second-order valence-corrected chi connectivity index (χ2v) is 5.48. The third-order valence-corrected chi connectivity index (χ3v) is 3.93.